The van der Waals surface area contributed by atoms with Crippen LogP contribution in [0.25, 0.3) is 12.2 Å². The van der Waals surface area contributed by atoms with Gasteiger partial charge in [0.15, 0.2) is 5.82 Å². The Morgan fingerprint density at radius 2 is 1.71 bits per heavy atom. The van der Waals surface area contributed by atoms with Crippen LogP contribution in [0.4, 0.5) is 10.6 Å². The van der Waals surface area contributed by atoms with Crippen LogP contribution in [0.3, 0.4) is 0 Å². The molecule has 0 N–H and O–H groups in total. The van der Waals surface area contributed by atoms with E-state index in [-0.39, 0.29) is 6.09 Å². The number of hydrogen-bond acceptors (Lipinski definition) is 5. The molecule has 3 rings (SSSR count). The zero-order valence-corrected chi connectivity index (χ0v) is 17.1. The van der Waals surface area contributed by atoms with Gasteiger partial charge in [-0.05, 0) is 39.3 Å². The van der Waals surface area contributed by atoms with Gasteiger partial charge >= 0.3 is 6.09 Å². The van der Waals surface area contributed by atoms with Gasteiger partial charge in [0.1, 0.15) is 5.60 Å². The quantitative estimate of drug-likeness (QED) is 0.805. The summed E-state index contributed by atoms with van der Waals surface area (Å²) in [5.74, 6) is 0.835. The van der Waals surface area contributed by atoms with Crippen LogP contribution in [0.1, 0.15) is 37.6 Å². The maximum atomic E-state index is 12.2. The molecule has 1 aliphatic rings. The van der Waals surface area contributed by atoms with Gasteiger partial charge in [0.05, 0.1) is 5.69 Å². The van der Waals surface area contributed by atoms with Crippen LogP contribution in [0, 0.1) is 6.92 Å². The summed E-state index contributed by atoms with van der Waals surface area (Å²) >= 11 is 0. The molecule has 1 saturated heterocycles. The number of rotatable bonds is 3. The second-order valence-electron chi connectivity index (χ2n) is 7.94. The van der Waals surface area contributed by atoms with Crippen molar-refractivity contribution in [3.63, 3.8) is 0 Å². The maximum Gasteiger partial charge on any atom is 0.410 e. The van der Waals surface area contributed by atoms with Crippen LogP contribution in [0.15, 0.2) is 36.4 Å². The number of aromatic nitrogens is 2. The summed E-state index contributed by atoms with van der Waals surface area (Å²) in [6, 6.07) is 12.2. The van der Waals surface area contributed by atoms with Gasteiger partial charge in [0.2, 0.25) is 0 Å². The number of piperazine rings is 1. The molecule has 0 atom stereocenters. The van der Waals surface area contributed by atoms with Crippen LogP contribution >= 0.6 is 0 Å². The third kappa shape index (κ3) is 5.31. The van der Waals surface area contributed by atoms with E-state index in [0.29, 0.717) is 26.2 Å². The first kappa shape index (κ1) is 19.9. The van der Waals surface area contributed by atoms with Crippen LogP contribution in [-0.2, 0) is 4.74 Å². The third-order valence-electron chi connectivity index (χ3n) is 4.52. The van der Waals surface area contributed by atoms with E-state index in [0.717, 1.165) is 22.6 Å². The lowest BCUT2D eigenvalue weighted by molar-refractivity contribution is 0.0240. The number of anilines is 1. The second kappa shape index (κ2) is 8.42. The van der Waals surface area contributed by atoms with E-state index in [4.69, 9.17) is 4.74 Å². The van der Waals surface area contributed by atoms with Gasteiger partial charge in [-0.3, -0.25) is 0 Å². The first-order valence-electron chi connectivity index (χ1n) is 9.62. The molecule has 0 radical (unpaired) electrons. The van der Waals surface area contributed by atoms with Crippen molar-refractivity contribution in [1.82, 2.24) is 15.1 Å². The highest BCUT2D eigenvalue weighted by Crippen LogP contribution is 2.19. The fraction of sp³-hybridized carbons (Fsp3) is 0.409. The van der Waals surface area contributed by atoms with Gasteiger partial charge in [-0.15, -0.1) is 5.10 Å². The minimum absolute atomic E-state index is 0.256. The zero-order valence-electron chi connectivity index (χ0n) is 17.1. The second-order valence-corrected chi connectivity index (χ2v) is 7.94. The fourth-order valence-electron chi connectivity index (χ4n) is 2.97. The predicted molar refractivity (Wildman–Crippen MR) is 112 cm³/mol. The Morgan fingerprint density at radius 1 is 1.04 bits per heavy atom. The molecular formula is C22H28N4O2. The van der Waals surface area contributed by atoms with Crippen LogP contribution in [0.2, 0.25) is 0 Å². The number of amides is 1. The van der Waals surface area contributed by atoms with Crippen LogP contribution in [-0.4, -0.2) is 53.0 Å². The predicted octanol–water partition coefficient (Wildman–Crippen LogP) is 4.01. The minimum Gasteiger partial charge on any atom is -0.444 e. The van der Waals surface area contributed by atoms with Gasteiger partial charge < -0.3 is 14.5 Å². The van der Waals surface area contributed by atoms with Crippen molar-refractivity contribution in [3.8, 4) is 0 Å². The summed E-state index contributed by atoms with van der Waals surface area (Å²) in [6.07, 6.45) is 3.89. The van der Waals surface area contributed by atoms with Crippen molar-refractivity contribution in [3.05, 3.63) is 53.2 Å². The highest BCUT2D eigenvalue weighted by molar-refractivity contribution is 5.72. The van der Waals surface area contributed by atoms with Crippen LogP contribution in [0.5, 0.6) is 0 Å². The van der Waals surface area contributed by atoms with Crippen molar-refractivity contribution in [1.29, 1.82) is 0 Å². The van der Waals surface area contributed by atoms with Gasteiger partial charge in [0.25, 0.3) is 0 Å². The lowest BCUT2D eigenvalue weighted by Gasteiger charge is -2.36. The number of ether oxygens (including phenoxy) is 1. The largest absolute Gasteiger partial charge is 0.444 e. The Hall–Kier alpha value is -2.89. The number of benzene rings is 1. The third-order valence-corrected chi connectivity index (χ3v) is 4.52. The topological polar surface area (TPSA) is 58.6 Å². The first-order valence-corrected chi connectivity index (χ1v) is 9.62. The summed E-state index contributed by atoms with van der Waals surface area (Å²) in [4.78, 5) is 16.1. The summed E-state index contributed by atoms with van der Waals surface area (Å²) in [5.41, 5.74) is 2.61. The standard InChI is InChI=1S/C22H28N4O2/c1-17-19(11-10-18-8-6-5-7-9-18)16-20(24-23-17)25-12-14-26(15-13-25)21(27)28-22(2,3)4/h5-11,16H,12-15H2,1-4H3/b11-10+. The number of carbonyl (C=O) groups excluding carboxylic acids is 1. The maximum absolute atomic E-state index is 12.2. The zero-order chi connectivity index (χ0) is 20.1. The van der Waals surface area contributed by atoms with Gasteiger partial charge in [-0.1, -0.05) is 42.5 Å². The van der Waals surface area contributed by atoms with Gasteiger partial charge in [-0.25, -0.2) is 4.79 Å². The lowest BCUT2D eigenvalue weighted by Crippen LogP contribution is -2.50. The molecule has 0 bridgehead atoms. The molecule has 6 nitrogen and oxygen atoms in total. The molecule has 2 aromatic rings. The first-order chi connectivity index (χ1) is 13.3. The van der Waals surface area contributed by atoms with Gasteiger partial charge in [0, 0.05) is 31.7 Å². The van der Waals surface area contributed by atoms with Crippen molar-refractivity contribution in [2.24, 2.45) is 0 Å². The van der Waals surface area contributed by atoms with Gasteiger partial charge in [-0.2, -0.15) is 5.10 Å². The summed E-state index contributed by atoms with van der Waals surface area (Å²) < 4.78 is 5.46. The normalized spacial score (nSPS) is 15.1. The molecule has 148 valence electrons. The fourth-order valence-corrected chi connectivity index (χ4v) is 2.97. The molecule has 0 spiro atoms. The van der Waals surface area contributed by atoms with Crippen molar-refractivity contribution in [2.75, 3.05) is 31.1 Å². The summed E-state index contributed by atoms with van der Waals surface area (Å²) in [6.45, 7) is 10.2. The average Bonchev–Trinajstić information content (AvgIpc) is 2.67. The number of carbonyl (C=O) groups is 1. The lowest BCUT2D eigenvalue weighted by atomic mass is 10.1. The van der Waals surface area contributed by atoms with E-state index in [1.807, 2.05) is 45.9 Å². The Balaban J connectivity index is 1.65. The molecule has 1 amide bonds. The molecule has 1 fully saturated rings. The van der Waals surface area contributed by atoms with E-state index >= 15 is 0 Å². The van der Waals surface area contributed by atoms with E-state index < -0.39 is 5.60 Å². The van der Waals surface area contributed by atoms with Crippen LogP contribution < -0.4 is 4.90 Å². The minimum atomic E-state index is -0.476. The summed E-state index contributed by atoms with van der Waals surface area (Å²) in [7, 11) is 0. The number of aryl methyl sites for hydroxylation is 1. The molecule has 1 aromatic carbocycles. The molecular weight excluding hydrogens is 352 g/mol. The molecule has 0 aliphatic carbocycles. The Kier molecular flexibility index (Phi) is 5.97. The number of nitrogens with zero attached hydrogens (tertiary/aromatic N) is 4. The molecule has 1 aliphatic heterocycles. The molecule has 6 heteroatoms. The molecule has 28 heavy (non-hydrogen) atoms. The highest BCUT2D eigenvalue weighted by Gasteiger charge is 2.26. The molecule has 1 aromatic heterocycles. The summed E-state index contributed by atoms with van der Waals surface area (Å²) in [5, 5.41) is 8.68. The highest BCUT2D eigenvalue weighted by atomic mass is 16.6. The molecule has 2 heterocycles. The number of hydrogen-bond donors (Lipinski definition) is 0. The average molecular weight is 380 g/mol. The van der Waals surface area contributed by atoms with Crippen molar-refractivity contribution >= 4 is 24.1 Å². The van der Waals surface area contributed by atoms with E-state index in [1.54, 1.807) is 4.90 Å². The smallest absolute Gasteiger partial charge is 0.410 e. The SMILES string of the molecule is Cc1nnc(N2CCN(C(=O)OC(C)(C)C)CC2)cc1/C=C/c1ccccc1. The van der Waals surface area contributed by atoms with E-state index in [9.17, 15) is 4.79 Å². The Bertz CT molecular complexity index is 835. The molecule has 0 saturated carbocycles. The van der Waals surface area contributed by atoms with Crippen molar-refractivity contribution < 1.29 is 9.53 Å². The Morgan fingerprint density at radius 3 is 2.36 bits per heavy atom. The monoisotopic (exact) mass is 380 g/mol. The van der Waals surface area contributed by atoms with E-state index in [2.05, 4.69) is 45.4 Å². The van der Waals surface area contributed by atoms with Crippen molar-refractivity contribution in [2.45, 2.75) is 33.3 Å². The molecule has 0 unspecified atom stereocenters. The van der Waals surface area contributed by atoms with E-state index in [1.165, 1.54) is 0 Å². The Labute approximate surface area is 166 Å².